The van der Waals surface area contributed by atoms with Crippen LogP contribution < -0.4 is 15.5 Å². The number of hydrogen-bond acceptors (Lipinski definition) is 4. The molecule has 2 aromatic carbocycles. The minimum absolute atomic E-state index is 0.0258. The molecule has 0 radical (unpaired) electrons. The summed E-state index contributed by atoms with van der Waals surface area (Å²) in [6, 6.07) is 9.57. The lowest BCUT2D eigenvalue weighted by Gasteiger charge is -2.32. The van der Waals surface area contributed by atoms with E-state index in [-0.39, 0.29) is 30.7 Å². The van der Waals surface area contributed by atoms with E-state index in [0.29, 0.717) is 29.2 Å². The Hall–Kier alpha value is -3.17. The van der Waals surface area contributed by atoms with Crippen molar-refractivity contribution in [3.8, 4) is 0 Å². The van der Waals surface area contributed by atoms with Gasteiger partial charge >= 0.3 is 6.03 Å². The molecule has 2 aliphatic rings. The summed E-state index contributed by atoms with van der Waals surface area (Å²) in [6.07, 6.45) is 1.02. The van der Waals surface area contributed by atoms with Crippen LogP contribution in [0.3, 0.4) is 0 Å². The van der Waals surface area contributed by atoms with Crippen molar-refractivity contribution in [3.63, 3.8) is 0 Å². The third-order valence-electron chi connectivity index (χ3n) is 6.53. The van der Waals surface area contributed by atoms with E-state index in [1.54, 1.807) is 35.2 Å². The summed E-state index contributed by atoms with van der Waals surface area (Å²) in [5, 5.41) is 5.87. The molecule has 0 unspecified atom stereocenters. The quantitative estimate of drug-likeness (QED) is 0.623. The van der Waals surface area contributed by atoms with Crippen LogP contribution in [0.25, 0.3) is 0 Å². The van der Waals surface area contributed by atoms with Gasteiger partial charge in [0.05, 0.1) is 11.8 Å². The minimum atomic E-state index is -0.856. The number of nitrogens with zero attached hydrogens (tertiary/aromatic N) is 2. The van der Waals surface area contributed by atoms with Crippen LogP contribution in [0.1, 0.15) is 33.1 Å². The lowest BCUT2D eigenvalue weighted by Crippen LogP contribution is -2.45. The molecular weight excluding hydrogens is 475 g/mol. The molecule has 186 valence electrons. The predicted octanol–water partition coefficient (Wildman–Crippen LogP) is 4.64. The van der Waals surface area contributed by atoms with Gasteiger partial charge in [0, 0.05) is 48.4 Å². The van der Waals surface area contributed by atoms with Gasteiger partial charge in [-0.3, -0.25) is 9.59 Å². The fraction of sp³-hybridized carbons (Fsp3) is 0.400. The number of carbonyl (C=O) groups is 3. The summed E-state index contributed by atoms with van der Waals surface area (Å²) in [7, 11) is 1.51. The number of methoxy groups -OCH3 is 1. The van der Waals surface area contributed by atoms with Crippen LogP contribution in [0.2, 0.25) is 5.02 Å². The van der Waals surface area contributed by atoms with Crippen molar-refractivity contribution in [3.05, 3.63) is 53.3 Å². The minimum Gasteiger partial charge on any atom is -0.380 e. The van der Waals surface area contributed by atoms with Crippen LogP contribution in [-0.2, 0) is 14.3 Å². The SMILES string of the molecule is CO[C@@H]1C[C@H](C(=O)Nc2ccc(N3C(=O)CCC3(C)C)cc2F)N(C(=O)Nc2ccc(Cl)cc2)C1. The Morgan fingerprint density at radius 2 is 1.86 bits per heavy atom. The smallest absolute Gasteiger partial charge is 0.322 e. The van der Waals surface area contributed by atoms with Gasteiger partial charge in [0.1, 0.15) is 11.9 Å². The normalized spacial score (nSPS) is 21.3. The fourth-order valence-electron chi connectivity index (χ4n) is 4.60. The van der Waals surface area contributed by atoms with Crippen LogP contribution in [0.4, 0.5) is 26.2 Å². The van der Waals surface area contributed by atoms with E-state index in [4.69, 9.17) is 16.3 Å². The molecule has 8 nitrogen and oxygen atoms in total. The summed E-state index contributed by atoms with van der Waals surface area (Å²) in [4.78, 5) is 41.3. The summed E-state index contributed by atoms with van der Waals surface area (Å²) in [6.45, 7) is 4.07. The zero-order valence-electron chi connectivity index (χ0n) is 19.8. The van der Waals surface area contributed by atoms with Crippen molar-refractivity contribution in [2.45, 2.75) is 50.8 Å². The van der Waals surface area contributed by atoms with E-state index in [2.05, 4.69) is 10.6 Å². The first kappa shape index (κ1) is 24.9. The summed E-state index contributed by atoms with van der Waals surface area (Å²) in [5.74, 6) is -1.25. The molecule has 0 spiro atoms. The Balaban J connectivity index is 1.48. The summed E-state index contributed by atoms with van der Waals surface area (Å²) >= 11 is 5.89. The topological polar surface area (TPSA) is 91.0 Å². The van der Waals surface area contributed by atoms with Crippen LogP contribution >= 0.6 is 11.6 Å². The molecule has 0 aliphatic carbocycles. The number of carbonyl (C=O) groups excluding carboxylic acids is 3. The monoisotopic (exact) mass is 502 g/mol. The molecule has 10 heteroatoms. The number of urea groups is 1. The third-order valence-corrected chi connectivity index (χ3v) is 6.78. The highest BCUT2D eigenvalue weighted by atomic mass is 35.5. The van der Waals surface area contributed by atoms with Gasteiger partial charge in [-0.25, -0.2) is 9.18 Å². The Morgan fingerprint density at radius 3 is 2.46 bits per heavy atom. The van der Waals surface area contributed by atoms with Crippen molar-refractivity contribution >= 4 is 46.5 Å². The highest BCUT2D eigenvalue weighted by Gasteiger charge is 2.41. The van der Waals surface area contributed by atoms with E-state index in [1.165, 1.54) is 24.1 Å². The van der Waals surface area contributed by atoms with Crippen molar-refractivity contribution in [1.29, 1.82) is 0 Å². The van der Waals surface area contributed by atoms with Gasteiger partial charge in [-0.1, -0.05) is 11.6 Å². The van der Waals surface area contributed by atoms with E-state index < -0.39 is 29.3 Å². The molecule has 2 aliphatic heterocycles. The van der Waals surface area contributed by atoms with Gasteiger partial charge in [-0.05, 0) is 62.7 Å². The van der Waals surface area contributed by atoms with Crippen LogP contribution in [0.15, 0.2) is 42.5 Å². The molecule has 2 heterocycles. The van der Waals surface area contributed by atoms with Gasteiger partial charge in [-0.15, -0.1) is 0 Å². The zero-order chi connectivity index (χ0) is 25.3. The van der Waals surface area contributed by atoms with Gasteiger partial charge in [0.15, 0.2) is 0 Å². The maximum Gasteiger partial charge on any atom is 0.322 e. The second-order valence-electron chi connectivity index (χ2n) is 9.39. The Morgan fingerprint density at radius 1 is 1.14 bits per heavy atom. The average molecular weight is 503 g/mol. The van der Waals surface area contributed by atoms with E-state index in [0.717, 1.165) is 0 Å². The van der Waals surface area contributed by atoms with Crippen LogP contribution in [-0.4, -0.2) is 54.1 Å². The van der Waals surface area contributed by atoms with Gasteiger partial charge < -0.3 is 25.2 Å². The number of amides is 4. The number of halogens is 2. The Bertz CT molecular complexity index is 1140. The molecule has 2 fully saturated rings. The third kappa shape index (κ3) is 5.26. The maximum absolute atomic E-state index is 15.0. The lowest BCUT2D eigenvalue weighted by molar-refractivity contribution is -0.119. The first-order valence-electron chi connectivity index (χ1n) is 11.4. The number of nitrogens with one attached hydrogen (secondary N) is 2. The van der Waals surface area contributed by atoms with Crippen LogP contribution in [0, 0.1) is 5.82 Å². The fourth-order valence-corrected chi connectivity index (χ4v) is 4.72. The molecule has 2 saturated heterocycles. The molecule has 0 saturated carbocycles. The highest BCUT2D eigenvalue weighted by Crippen LogP contribution is 2.36. The molecular formula is C25H28ClFN4O4. The van der Waals surface area contributed by atoms with Gasteiger partial charge in [-0.2, -0.15) is 0 Å². The van der Waals surface area contributed by atoms with Gasteiger partial charge in [0.25, 0.3) is 0 Å². The standard InChI is InChI=1S/C25H28ClFN4O4/c1-25(2)11-10-22(32)31(25)17-8-9-20(19(27)12-17)29-23(33)21-13-18(35-3)14-30(21)24(34)28-16-6-4-15(26)5-7-16/h4-9,12,18,21H,10-11,13-14H2,1-3H3,(H,28,34)(H,29,33)/t18-,21-/m1/s1. The van der Waals surface area contributed by atoms with Crippen molar-refractivity contribution in [2.75, 3.05) is 29.2 Å². The summed E-state index contributed by atoms with van der Waals surface area (Å²) < 4.78 is 20.4. The molecule has 35 heavy (non-hydrogen) atoms. The second kappa shape index (κ2) is 9.83. The number of likely N-dealkylation sites (tertiary alicyclic amines) is 1. The van der Waals surface area contributed by atoms with Crippen molar-refractivity contribution < 1.29 is 23.5 Å². The van der Waals surface area contributed by atoms with Crippen LogP contribution in [0.5, 0.6) is 0 Å². The number of hydrogen-bond donors (Lipinski definition) is 2. The summed E-state index contributed by atoms with van der Waals surface area (Å²) in [5.41, 5.74) is 0.533. The molecule has 2 N–H and O–H groups in total. The maximum atomic E-state index is 15.0. The lowest BCUT2D eigenvalue weighted by atomic mass is 10.0. The number of anilines is 3. The molecule has 4 rings (SSSR count). The molecule has 2 atom stereocenters. The molecule has 2 aromatic rings. The first-order chi connectivity index (χ1) is 16.6. The average Bonchev–Trinajstić information content (AvgIpc) is 3.37. The Labute approximate surface area is 208 Å². The van der Waals surface area contributed by atoms with Crippen molar-refractivity contribution in [2.24, 2.45) is 0 Å². The number of ether oxygens (including phenoxy) is 1. The number of benzene rings is 2. The predicted molar refractivity (Wildman–Crippen MR) is 132 cm³/mol. The zero-order valence-corrected chi connectivity index (χ0v) is 20.6. The number of rotatable bonds is 5. The molecule has 4 amide bonds. The van der Waals surface area contributed by atoms with Gasteiger partial charge in [0.2, 0.25) is 11.8 Å². The second-order valence-corrected chi connectivity index (χ2v) is 9.83. The largest absolute Gasteiger partial charge is 0.380 e. The van der Waals surface area contributed by atoms with E-state index >= 15 is 0 Å². The van der Waals surface area contributed by atoms with Crippen molar-refractivity contribution in [1.82, 2.24) is 4.90 Å². The van der Waals surface area contributed by atoms with E-state index in [1.807, 2.05) is 13.8 Å². The molecule has 0 aromatic heterocycles. The van der Waals surface area contributed by atoms with E-state index in [9.17, 15) is 18.8 Å². The molecule has 0 bridgehead atoms. The highest BCUT2D eigenvalue weighted by molar-refractivity contribution is 6.30. The first-order valence-corrected chi connectivity index (χ1v) is 11.8. The Kier molecular flexibility index (Phi) is 7.00.